The molecule has 0 bridgehead atoms. The lowest BCUT2D eigenvalue weighted by atomic mass is 9.94. The van der Waals surface area contributed by atoms with Gasteiger partial charge >= 0.3 is 0 Å². The molecule has 6 aliphatic rings. The van der Waals surface area contributed by atoms with Crippen molar-refractivity contribution in [2.45, 2.75) is 198 Å². The summed E-state index contributed by atoms with van der Waals surface area (Å²) >= 11 is 0. The summed E-state index contributed by atoms with van der Waals surface area (Å²) < 4.78 is 62.4. The Kier molecular flexibility index (Phi) is 19.8. The van der Waals surface area contributed by atoms with Crippen molar-refractivity contribution in [3.8, 4) is 0 Å². The minimum absolute atomic E-state index is 0.863. The maximum absolute atomic E-state index is 12.7. The van der Waals surface area contributed by atoms with Crippen molar-refractivity contribution in [3.63, 3.8) is 0 Å². The van der Waals surface area contributed by atoms with E-state index in [1.165, 1.54) is 6.92 Å². The summed E-state index contributed by atoms with van der Waals surface area (Å²) in [4.78, 5) is 12.7. The fraction of sp³-hybridized carbons (Fsp3) is 0.974. The first kappa shape index (κ1) is 56.6. The number of hydrogen-bond donors (Lipinski definition) is 19. The molecular weight excluding hydrogens is 950 g/mol. The summed E-state index contributed by atoms with van der Waals surface area (Å²) in [5, 5.41) is 194. The van der Waals surface area contributed by atoms with Crippen LogP contribution in [0.5, 0.6) is 0 Å². The molecule has 31 nitrogen and oxygen atoms in total. The van der Waals surface area contributed by atoms with E-state index < -0.39 is 223 Å². The fourth-order valence-electron chi connectivity index (χ4n) is 8.84. The highest BCUT2D eigenvalue weighted by Gasteiger charge is 2.58. The van der Waals surface area contributed by atoms with E-state index in [4.69, 9.17) is 52.1 Å². The largest absolute Gasteiger partial charge is 0.394 e. The van der Waals surface area contributed by atoms with Gasteiger partial charge in [-0.15, -0.1) is 0 Å². The molecule has 1 unspecified atom stereocenters. The van der Waals surface area contributed by atoms with E-state index in [1.807, 2.05) is 0 Å². The van der Waals surface area contributed by atoms with Gasteiger partial charge in [-0.1, -0.05) is 0 Å². The van der Waals surface area contributed by atoms with Crippen LogP contribution in [-0.4, -0.2) is 315 Å². The van der Waals surface area contributed by atoms with Crippen molar-refractivity contribution in [3.05, 3.63) is 0 Å². The predicted molar refractivity (Wildman–Crippen MR) is 209 cm³/mol. The third-order valence-electron chi connectivity index (χ3n) is 12.8. The molecule has 19 N–H and O–H groups in total. The lowest BCUT2D eigenvalue weighted by molar-refractivity contribution is -0.393. The first-order valence-electron chi connectivity index (χ1n) is 22.0. The molecule has 69 heavy (non-hydrogen) atoms. The van der Waals surface area contributed by atoms with Crippen molar-refractivity contribution in [2.24, 2.45) is 0 Å². The van der Waals surface area contributed by atoms with Crippen molar-refractivity contribution in [1.29, 1.82) is 0 Å². The quantitative estimate of drug-likeness (QED) is 0.0682. The normalized spacial score (nSPS) is 52.1. The van der Waals surface area contributed by atoms with Crippen LogP contribution >= 0.6 is 0 Å². The molecule has 6 rings (SSSR count). The summed E-state index contributed by atoms with van der Waals surface area (Å²) in [6.07, 6.45) is -54.3. The highest BCUT2D eigenvalue weighted by Crippen LogP contribution is 2.37. The van der Waals surface area contributed by atoms with Crippen molar-refractivity contribution < 1.29 is 149 Å². The molecular formula is C38H65NO30. The molecule has 0 aromatic heterocycles. The van der Waals surface area contributed by atoms with Gasteiger partial charge in [0.1, 0.15) is 140 Å². The third kappa shape index (κ3) is 11.8. The number of carbonyl (C=O) groups is 1. The Labute approximate surface area is 390 Å². The smallest absolute Gasteiger partial charge is 0.217 e. The minimum Gasteiger partial charge on any atom is -0.394 e. The van der Waals surface area contributed by atoms with Crippen LogP contribution in [0, 0.1) is 0 Å². The standard InChI is InChI=1S/C38H65NO30/c1-8-16(46)20(50)25(55)35(59-8)69-32-21(51)17(47)10(3-40)63-38(32)67-30-15(39-9(2)45)34(61-11(4-41)18(30)48)68-31-19(49)12(5-42)62-37(27(31)57)66-29-14(7-44)64-36(26(56)23(29)53)65-28-13(6-43)60-33(58)24(54)22(28)52/h8,10-38,40-44,46-58H,3-7H2,1-2H3,(H,39,45)/t8-,10+,11+,12+,13+,14+,15+,16+,17-,18-,19-,20+,21-,22+,23+,24+,25-,26+,27+,28+,29-,30+,31-,32+,33+,34-,35?,36-,37+,38-/m0/s1. The van der Waals surface area contributed by atoms with E-state index in [2.05, 4.69) is 5.32 Å². The van der Waals surface area contributed by atoms with Crippen LogP contribution in [0.3, 0.4) is 0 Å². The average Bonchev–Trinajstić information content (AvgIpc) is 3.32. The van der Waals surface area contributed by atoms with Crippen LogP contribution in [0.1, 0.15) is 13.8 Å². The van der Waals surface area contributed by atoms with Crippen LogP contribution in [0.2, 0.25) is 0 Å². The lowest BCUT2D eigenvalue weighted by Gasteiger charge is -2.51. The maximum atomic E-state index is 12.7. The van der Waals surface area contributed by atoms with Crippen molar-refractivity contribution >= 4 is 5.91 Å². The van der Waals surface area contributed by atoms with Crippen LogP contribution in [0.4, 0.5) is 0 Å². The summed E-state index contributed by atoms with van der Waals surface area (Å²) in [5.41, 5.74) is 0. The molecule has 6 aliphatic heterocycles. The Morgan fingerprint density at radius 2 is 0.768 bits per heavy atom. The van der Waals surface area contributed by atoms with E-state index in [-0.39, 0.29) is 0 Å². The van der Waals surface area contributed by atoms with Gasteiger partial charge in [0.05, 0.1) is 39.1 Å². The van der Waals surface area contributed by atoms with E-state index in [1.54, 1.807) is 0 Å². The van der Waals surface area contributed by atoms with Crippen LogP contribution < -0.4 is 5.32 Å². The van der Waals surface area contributed by atoms with Gasteiger partial charge in [-0.2, -0.15) is 0 Å². The van der Waals surface area contributed by atoms with Gasteiger partial charge in [0.25, 0.3) is 0 Å². The number of amides is 1. The summed E-state index contributed by atoms with van der Waals surface area (Å²) in [5.74, 6) is -0.863. The van der Waals surface area contributed by atoms with Crippen LogP contribution in [0.15, 0.2) is 0 Å². The maximum Gasteiger partial charge on any atom is 0.217 e. The highest BCUT2D eigenvalue weighted by molar-refractivity contribution is 5.73. The Hall–Kier alpha value is -1.69. The molecule has 1 amide bonds. The number of ether oxygens (including phenoxy) is 11. The number of carbonyl (C=O) groups excluding carboxylic acids is 1. The molecule has 0 aromatic rings. The van der Waals surface area contributed by atoms with E-state index >= 15 is 0 Å². The van der Waals surface area contributed by atoms with Crippen molar-refractivity contribution in [1.82, 2.24) is 5.32 Å². The summed E-state index contributed by atoms with van der Waals surface area (Å²) in [7, 11) is 0. The zero-order valence-corrected chi connectivity index (χ0v) is 36.8. The van der Waals surface area contributed by atoms with Gasteiger partial charge in [0, 0.05) is 6.92 Å². The van der Waals surface area contributed by atoms with Gasteiger partial charge in [0.15, 0.2) is 37.7 Å². The average molecular weight is 1020 g/mol. The Bertz CT molecular complexity index is 1610. The fourth-order valence-corrected chi connectivity index (χ4v) is 8.84. The summed E-state index contributed by atoms with van der Waals surface area (Å²) in [6, 6.07) is -1.79. The van der Waals surface area contributed by atoms with E-state index in [9.17, 15) is 96.7 Å². The number of rotatable bonds is 16. The third-order valence-corrected chi connectivity index (χ3v) is 12.8. The second-order valence-corrected chi connectivity index (χ2v) is 17.5. The monoisotopic (exact) mass is 1020 g/mol. The second kappa shape index (κ2) is 24.1. The van der Waals surface area contributed by atoms with Gasteiger partial charge < -0.3 is 149 Å². The SMILES string of the molecule is CC(=O)N[C@H]1[C@H](O[C@H]2[C@@H](O)[C@@H](CO)O[C@H](O[C@@H]3[C@H](O)[C@@H](O)[C@H](O[C@H]4[C@H](O)[C@@H](O)[C@H](O)O[C@@H]4CO)O[C@@H]3CO)[C@@H]2O)O[C@H](CO)[C@H](O)[C@@H]1O[C@@H]1O[C@H](CO)[C@H](O)[C@H](O)[C@H]1OC1O[C@@H](C)[C@@H](O)[C@@H](O)[C@@H]1O. The molecule has 6 heterocycles. The number of aliphatic hydroxyl groups excluding tert-OH is 18. The van der Waals surface area contributed by atoms with Gasteiger partial charge in [-0.05, 0) is 6.92 Å². The Balaban J connectivity index is 1.23. The van der Waals surface area contributed by atoms with Gasteiger partial charge in [-0.25, -0.2) is 0 Å². The van der Waals surface area contributed by atoms with Crippen LogP contribution in [0.25, 0.3) is 0 Å². The molecule has 31 heteroatoms. The zero-order chi connectivity index (χ0) is 50.9. The molecule has 0 radical (unpaired) electrons. The predicted octanol–water partition coefficient (Wildman–Crippen LogP) is -12.9. The molecule has 6 saturated heterocycles. The van der Waals surface area contributed by atoms with Crippen LogP contribution in [-0.2, 0) is 56.9 Å². The highest BCUT2D eigenvalue weighted by atomic mass is 16.8. The molecule has 30 atom stereocenters. The molecule has 0 saturated carbocycles. The van der Waals surface area contributed by atoms with E-state index in [0.29, 0.717) is 0 Å². The number of aliphatic hydroxyl groups is 18. The minimum atomic E-state index is -2.21. The zero-order valence-electron chi connectivity index (χ0n) is 36.8. The number of nitrogens with one attached hydrogen (secondary N) is 1. The van der Waals surface area contributed by atoms with Gasteiger partial charge in [0.2, 0.25) is 5.91 Å². The topological polar surface area (TPSA) is 495 Å². The Morgan fingerprint density at radius 1 is 0.377 bits per heavy atom. The molecule has 0 spiro atoms. The van der Waals surface area contributed by atoms with Crippen molar-refractivity contribution in [2.75, 3.05) is 33.0 Å². The van der Waals surface area contributed by atoms with Gasteiger partial charge in [-0.3, -0.25) is 4.79 Å². The first-order chi connectivity index (χ1) is 32.6. The summed E-state index contributed by atoms with van der Waals surface area (Å²) in [6.45, 7) is -2.55. The Morgan fingerprint density at radius 3 is 1.33 bits per heavy atom. The molecule has 402 valence electrons. The molecule has 0 aliphatic carbocycles. The van der Waals surface area contributed by atoms with E-state index in [0.717, 1.165) is 6.92 Å². The lowest BCUT2D eigenvalue weighted by Crippen LogP contribution is -2.70. The molecule has 0 aromatic carbocycles. The second-order valence-electron chi connectivity index (χ2n) is 17.5. The molecule has 6 fully saturated rings. The number of hydrogen-bond acceptors (Lipinski definition) is 30. The first-order valence-corrected chi connectivity index (χ1v) is 22.0.